The summed E-state index contributed by atoms with van der Waals surface area (Å²) in [6.07, 6.45) is 3.74. The molecule has 2 unspecified atom stereocenters. The zero-order valence-electron chi connectivity index (χ0n) is 12.5. The molecular formula is C17H25NO3. The van der Waals surface area contributed by atoms with Crippen molar-refractivity contribution in [3.05, 3.63) is 35.4 Å². The van der Waals surface area contributed by atoms with Crippen LogP contribution in [0.2, 0.25) is 0 Å². The van der Waals surface area contributed by atoms with E-state index in [0.29, 0.717) is 5.92 Å². The lowest BCUT2D eigenvalue weighted by Gasteiger charge is -2.31. The Hall–Kier alpha value is -1.39. The highest BCUT2D eigenvalue weighted by Crippen LogP contribution is 2.36. The maximum atomic E-state index is 11.0. The number of aliphatic carboxylic acids is 1. The molecule has 1 aromatic rings. The lowest BCUT2D eigenvalue weighted by molar-refractivity contribution is -0.138. The van der Waals surface area contributed by atoms with Crippen LogP contribution >= 0.6 is 0 Å². The van der Waals surface area contributed by atoms with E-state index in [0.717, 1.165) is 43.4 Å². The highest BCUT2D eigenvalue weighted by Gasteiger charge is 2.27. The van der Waals surface area contributed by atoms with Gasteiger partial charge >= 0.3 is 5.97 Å². The van der Waals surface area contributed by atoms with Gasteiger partial charge in [-0.05, 0) is 62.1 Å². The van der Waals surface area contributed by atoms with Crippen LogP contribution in [-0.4, -0.2) is 22.7 Å². The van der Waals surface area contributed by atoms with E-state index in [1.807, 2.05) is 24.3 Å². The first-order valence-electron chi connectivity index (χ1n) is 7.73. The second kappa shape index (κ2) is 7.05. The van der Waals surface area contributed by atoms with Crippen molar-refractivity contribution in [1.29, 1.82) is 0 Å². The van der Waals surface area contributed by atoms with Crippen molar-refractivity contribution >= 4 is 5.97 Å². The topological polar surface area (TPSA) is 83.5 Å². The first kappa shape index (κ1) is 16.0. The smallest absolute Gasteiger partial charge is 0.310 e. The molecule has 4 heteroatoms. The van der Waals surface area contributed by atoms with E-state index in [9.17, 15) is 9.90 Å². The summed E-state index contributed by atoms with van der Waals surface area (Å²) in [6, 6.07) is 7.33. The molecule has 0 saturated heterocycles. The van der Waals surface area contributed by atoms with Crippen LogP contribution in [-0.2, 0) is 4.79 Å². The van der Waals surface area contributed by atoms with Crippen molar-refractivity contribution in [1.82, 2.24) is 0 Å². The van der Waals surface area contributed by atoms with Gasteiger partial charge in [-0.25, -0.2) is 0 Å². The van der Waals surface area contributed by atoms with Gasteiger partial charge in [-0.3, -0.25) is 4.79 Å². The van der Waals surface area contributed by atoms with E-state index in [4.69, 9.17) is 10.8 Å². The van der Waals surface area contributed by atoms with Gasteiger partial charge in [0.1, 0.15) is 0 Å². The van der Waals surface area contributed by atoms with Crippen LogP contribution in [0.3, 0.4) is 0 Å². The van der Waals surface area contributed by atoms with Gasteiger partial charge in [-0.2, -0.15) is 0 Å². The summed E-state index contributed by atoms with van der Waals surface area (Å²) >= 11 is 0. The number of rotatable bonds is 5. The first-order chi connectivity index (χ1) is 10.0. The maximum absolute atomic E-state index is 11.0. The second-order valence-corrected chi connectivity index (χ2v) is 6.19. The van der Waals surface area contributed by atoms with E-state index < -0.39 is 18.0 Å². The molecule has 0 bridgehead atoms. The molecule has 2 rings (SSSR count). The molecule has 1 fully saturated rings. The first-order valence-corrected chi connectivity index (χ1v) is 7.73. The monoisotopic (exact) mass is 291 g/mol. The molecule has 0 aromatic heterocycles. The Morgan fingerprint density at radius 3 is 2.19 bits per heavy atom. The number of aliphatic hydroxyl groups excluding tert-OH is 1. The minimum atomic E-state index is -0.830. The minimum Gasteiger partial charge on any atom is -0.481 e. The molecule has 1 aromatic carbocycles. The van der Waals surface area contributed by atoms with Gasteiger partial charge in [0.25, 0.3) is 0 Å². The Morgan fingerprint density at radius 1 is 1.19 bits per heavy atom. The third-order valence-corrected chi connectivity index (χ3v) is 4.82. The number of hydrogen-bond donors (Lipinski definition) is 3. The Bertz CT molecular complexity index is 463. The van der Waals surface area contributed by atoms with E-state index in [-0.39, 0.29) is 5.92 Å². The average molecular weight is 291 g/mol. The number of carboxylic acid groups (broad SMARTS) is 1. The fourth-order valence-corrected chi connectivity index (χ4v) is 3.14. The van der Waals surface area contributed by atoms with Gasteiger partial charge in [0.2, 0.25) is 0 Å². The van der Waals surface area contributed by atoms with Crippen LogP contribution in [0.1, 0.15) is 55.8 Å². The van der Waals surface area contributed by atoms with Crippen molar-refractivity contribution in [2.45, 2.75) is 44.6 Å². The van der Waals surface area contributed by atoms with Crippen LogP contribution < -0.4 is 5.73 Å². The van der Waals surface area contributed by atoms with Crippen molar-refractivity contribution in [2.75, 3.05) is 6.54 Å². The van der Waals surface area contributed by atoms with E-state index >= 15 is 0 Å². The van der Waals surface area contributed by atoms with Crippen LogP contribution in [0.25, 0.3) is 0 Å². The van der Waals surface area contributed by atoms with Gasteiger partial charge in [0.05, 0.1) is 12.0 Å². The second-order valence-electron chi connectivity index (χ2n) is 6.19. The van der Waals surface area contributed by atoms with Gasteiger partial charge in [-0.15, -0.1) is 0 Å². The normalized spacial score (nSPS) is 25.3. The number of benzene rings is 1. The minimum absolute atomic E-state index is 0.288. The van der Waals surface area contributed by atoms with Crippen LogP contribution in [0, 0.1) is 11.8 Å². The SMILES string of the molecule is CC(C(=O)O)c1ccc(C(O)C2CCC(CN)CC2)cc1. The fourth-order valence-electron chi connectivity index (χ4n) is 3.14. The molecule has 1 aliphatic carbocycles. The molecule has 1 aliphatic rings. The van der Waals surface area contributed by atoms with Crippen molar-refractivity contribution in [3.63, 3.8) is 0 Å². The highest BCUT2D eigenvalue weighted by atomic mass is 16.4. The molecule has 0 amide bonds. The standard InChI is InChI=1S/C17H25NO3/c1-11(17(20)21)13-6-8-15(9-7-13)16(19)14-4-2-12(10-18)3-5-14/h6-9,11-12,14,16,19H,2-5,10,18H2,1H3,(H,20,21). The summed E-state index contributed by atoms with van der Waals surface area (Å²) < 4.78 is 0. The summed E-state index contributed by atoms with van der Waals surface area (Å²) in [5.74, 6) is -0.456. The number of carbonyl (C=O) groups is 1. The lowest BCUT2D eigenvalue weighted by Crippen LogP contribution is -2.24. The molecule has 0 radical (unpaired) electrons. The van der Waals surface area contributed by atoms with Gasteiger partial charge in [0.15, 0.2) is 0 Å². The largest absolute Gasteiger partial charge is 0.481 e. The molecule has 116 valence electrons. The molecule has 0 heterocycles. The Labute approximate surface area is 126 Å². The fraction of sp³-hybridized carbons (Fsp3) is 0.588. The molecule has 0 aliphatic heterocycles. The van der Waals surface area contributed by atoms with Gasteiger partial charge in [0, 0.05) is 0 Å². The molecule has 2 atom stereocenters. The van der Waals surface area contributed by atoms with Crippen LogP contribution in [0.4, 0.5) is 0 Å². The summed E-state index contributed by atoms with van der Waals surface area (Å²) in [7, 11) is 0. The van der Waals surface area contributed by atoms with Gasteiger partial charge in [-0.1, -0.05) is 24.3 Å². The maximum Gasteiger partial charge on any atom is 0.310 e. The predicted octanol–water partition coefficient (Wildman–Crippen LogP) is 2.67. The predicted molar refractivity (Wildman–Crippen MR) is 82.0 cm³/mol. The average Bonchev–Trinajstić information content (AvgIpc) is 2.53. The molecule has 1 saturated carbocycles. The van der Waals surface area contributed by atoms with Crippen molar-refractivity contribution in [2.24, 2.45) is 17.6 Å². The Morgan fingerprint density at radius 2 is 1.71 bits per heavy atom. The number of nitrogens with two attached hydrogens (primary N) is 1. The van der Waals surface area contributed by atoms with Crippen LogP contribution in [0.15, 0.2) is 24.3 Å². The molecule has 4 N–H and O–H groups in total. The molecular weight excluding hydrogens is 266 g/mol. The zero-order valence-corrected chi connectivity index (χ0v) is 12.5. The Kier molecular flexibility index (Phi) is 5.37. The van der Waals surface area contributed by atoms with Crippen molar-refractivity contribution < 1.29 is 15.0 Å². The number of hydrogen-bond acceptors (Lipinski definition) is 3. The van der Waals surface area contributed by atoms with E-state index in [2.05, 4.69) is 0 Å². The molecule has 0 spiro atoms. The lowest BCUT2D eigenvalue weighted by atomic mass is 9.78. The van der Waals surface area contributed by atoms with Gasteiger partial charge < -0.3 is 15.9 Å². The summed E-state index contributed by atoms with van der Waals surface area (Å²) in [5.41, 5.74) is 7.35. The van der Waals surface area contributed by atoms with Crippen LogP contribution in [0.5, 0.6) is 0 Å². The highest BCUT2D eigenvalue weighted by molar-refractivity contribution is 5.75. The van der Waals surface area contributed by atoms with E-state index in [1.54, 1.807) is 6.92 Å². The zero-order chi connectivity index (χ0) is 15.4. The third-order valence-electron chi connectivity index (χ3n) is 4.82. The Balaban J connectivity index is 2.00. The summed E-state index contributed by atoms with van der Waals surface area (Å²) in [5, 5.41) is 19.5. The number of carboxylic acids is 1. The quantitative estimate of drug-likeness (QED) is 0.778. The van der Waals surface area contributed by atoms with E-state index in [1.165, 1.54) is 0 Å². The molecule has 4 nitrogen and oxygen atoms in total. The third kappa shape index (κ3) is 3.83. The molecule has 21 heavy (non-hydrogen) atoms. The summed E-state index contributed by atoms with van der Waals surface area (Å²) in [4.78, 5) is 11.0. The van der Waals surface area contributed by atoms with Crippen molar-refractivity contribution in [3.8, 4) is 0 Å². The summed E-state index contributed by atoms with van der Waals surface area (Å²) in [6.45, 7) is 2.41. The number of aliphatic hydroxyl groups is 1.